The van der Waals surface area contributed by atoms with Crippen LogP contribution in [0.4, 0.5) is 0 Å². The Morgan fingerprint density at radius 2 is 1.33 bits per heavy atom. The summed E-state index contributed by atoms with van der Waals surface area (Å²) in [6.45, 7) is 0. The van der Waals surface area contributed by atoms with E-state index in [4.69, 9.17) is 0 Å². The van der Waals surface area contributed by atoms with Crippen molar-refractivity contribution in [3.8, 4) is 16.8 Å². The van der Waals surface area contributed by atoms with Gasteiger partial charge in [0.05, 0.1) is 11.0 Å². The molecule has 5 aromatic carbocycles. The van der Waals surface area contributed by atoms with E-state index in [9.17, 15) is 0 Å². The first-order valence-electron chi connectivity index (χ1n) is 11.1. The van der Waals surface area contributed by atoms with Gasteiger partial charge >= 0.3 is 0 Å². The van der Waals surface area contributed by atoms with Gasteiger partial charge in [0, 0.05) is 36.6 Å². The van der Waals surface area contributed by atoms with Crippen molar-refractivity contribution in [2.24, 2.45) is 0 Å². The molecule has 0 fully saturated rings. The van der Waals surface area contributed by atoms with Crippen molar-refractivity contribution in [2.75, 3.05) is 0 Å². The Hall–Kier alpha value is -3.45. The first kappa shape index (κ1) is 19.1. The van der Waals surface area contributed by atoms with Crippen LogP contribution < -0.4 is 5.30 Å². The number of nitrogens with zero attached hydrogens (tertiary/aromatic N) is 1. The lowest BCUT2D eigenvalue weighted by Crippen LogP contribution is -1.93. The predicted molar refractivity (Wildman–Crippen MR) is 148 cm³/mol. The summed E-state index contributed by atoms with van der Waals surface area (Å²) in [5, 5.41) is 6.52. The maximum Gasteiger partial charge on any atom is 0.0541 e. The van der Waals surface area contributed by atoms with Crippen molar-refractivity contribution >= 4 is 67.9 Å². The first-order valence-corrected chi connectivity index (χ1v) is 12.5. The van der Waals surface area contributed by atoms with Gasteiger partial charge in [0.15, 0.2) is 0 Å². The lowest BCUT2D eigenvalue weighted by molar-refractivity contribution is 1.18. The second-order valence-corrected chi connectivity index (χ2v) is 10.1. The Morgan fingerprint density at radius 1 is 0.606 bits per heavy atom. The molecule has 0 N–H and O–H groups in total. The molecule has 0 spiro atoms. The maximum absolute atomic E-state index is 2.93. The number of aromatic nitrogens is 1. The van der Waals surface area contributed by atoms with E-state index in [1.54, 1.807) is 0 Å². The van der Waals surface area contributed by atoms with Crippen LogP contribution in [-0.4, -0.2) is 4.57 Å². The van der Waals surface area contributed by atoms with Crippen molar-refractivity contribution in [1.29, 1.82) is 0 Å². The van der Waals surface area contributed by atoms with E-state index in [2.05, 4.69) is 123 Å². The zero-order chi connectivity index (χ0) is 21.9. The summed E-state index contributed by atoms with van der Waals surface area (Å²) < 4.78 is 5.06. The molecule has 1 unspecified atom stereocenters. The SMILES string of the molecule is Pc1ccc(-c2ccc3c(c2)c2ccccc2n3-c2ccccc2)c2sc3ccccc3c12. The molecule has 1 nitrogen and oxygen atoms in total. The smallest absolute Gasteiger partial charge is 0.0541 e. The second kappa shape index (κ2) is 7.28. The van der Waals surface area contributed by atoms with Gasteiger partial charge in [-0.2, -0.15) is 0 Å². The monoisotopic (exact) mass is 457 g/mol. The van der Waals surface area contributed by atoms with Gasteiger partial charge in [0.25, 0.3) is 0 Å². The predicted octanol–water partition coefficient (Wildman–Crippen LogP) is 8.32. The average molecular weight is 458 g/mol. The number of hydrogen-bond donors (Lipinski definition) is 0. The topological polar surface area (TPSA) is 4.93 Å². The van der Waals surface area contributed by atoms with E-state index in [1.807, 2.05) is 11.3 Å². The van der Waals surface area contributed by atoms with Crippen molar-refractivity contribution in [1.82, 2.24) is 4.57 Å². The molecule has 0 aliphatic rings. The molecule has 0 aliphatic carbocycles. The molecule has 156 valence electrons. The average Bonchev–Trinajstić information content (AvgIpc) is 3.41. The van der Waals surface area contributed by atoms with Gasteiger partial charge in [-0.3, -0.25) is 0 Å². The van der Waals surface area contributed by atoms with Crippen LogP contribution in [0.3, 0.4) is 0 Å². The number of thiophene rings is 1. The third kappa shape index (κ3) is 2.82. The van der Waals surface area contributed by atoms with Gasteiger partial charge in [0.2, 0.25) is 0 Å². The van der Waals surface area contributed by atoms with Crippen molar-refractivity contribution in [3.63, 3.8) is 0 Å². The fraction of sp³-hybridized carbons (Fsp3) is 0. The second-order valence-electron chi connectivity index (χ2n) is 8.42. The van der Waals surface area contributed by atoms with Crippen molar-refractivity contribution in [2.45, 2.75) is 0 Å². The molecular weight excluding hydrogens is 437 g/mol. The van der Waals surface area contributed by atoms with Crippen LogP contribution in [0.2, 0.25) is 0 Å². The van der Waals surface area contributed by atoms with Crippen LogP contribution in [0, 0.1) is 0 Å². The quantitative estimate of drug-likeness (QED) is 0.230. The van der Waals surface area contributed by atoms with Crippen LogP contribution in [-0.2, 0) is 0 Å². The number of rotatable bonds is 2. The van der Waals surface area contributed by atoms with Gasteiger partial charge in [-0.1, -0.05) is 72.8 Å². The minimum absolute atomic E-state index is 1.19. The minimum Gasteiger partial charge on any atom is -0.309 e. The Labute approximate surface area is 198 Å². The fourth-order valence-electron chi connectivity index (χ4n) is 5.08. The Bertz CT molecular complexity index is 1830. The lowest BCUT2D eigenvalue weighted by Gasteiger charge is -2.09. The molecule has 2 heterocycles. The molecular formula is C30H20NPS. The number of hydrogen-bond acceptors (Lipinski definition) is 1. The molecule has 0 saturated carbocycles. The summed E-state index contributed by atoms with van der Waals surface area (Å²) in [5.41, 5.74) is 6.23. The van der Waals surface area contributed by atoms with Gasteiger partial charge in [-0.05, 0) is 52.8 Å². The minimum atomic E-state index is 1.19. The molecule has 0 amide bonds. The van der Waals surface area contributed by atoms with Crippen LogP contribution in [0.1, 0.15) is 0 Å². The standard InChI is InChI=1S/C30H20NPS/c32-27-17-15-21(30-29(27)23-11-5-7-13-28(23)33-30)19-14-16-26-24(18-19)22-10-4-6-12-25(22)31(26)20-8-2-1-3-9-20/h1-18H,32H2. The zero-order valence-electron chi connectivity index (χ0n) is 17.8. The van der Waals surface area contributed by atoms with Gasteiger partial charge in [-0.15, -0.1) is 20.6 Å². The first-order chi connectivity index (χ1) is 16.3. The van der Waals surface area contributed by atoms with E-state index in [-0.39, 0.29) is 0 Å². The van der Waals surface area contributed by atoms with Gasteiger partial charge < -0.3 is 4.57 Å². The lowest BCUT2D eigenvalue weighted by atomic mass is 10.0. The Morgan fingerprint density at radius 3 is 2.21 bits per heavy atom. The van der Waals surface area contributed by atoms with Crippen LogP contribution in [0.25, 0.3) is 58.8 Å². The van der Waals surface area contributed by atoms with Crippen LogP contribution in [0.5, 0.6) is 0 Å². The number of fused-ring (bicyclic) bond motifs is 6. The van der Waals surface area contributed by atoms with E-state index in [0.29, 0.717) is 0 Å². The summed E-state index contributed by atoms with van der Waals surface area (Å²) in [4.78, 5) is 0. The molecule has 0 bridgehead atoms. The number of benzene rings is 5. The summed E-state index contributed by atoms with van der Waals surface area (Å²) >= 11 is 1.89. The molecule has 1 atom stereocenters. The Balaban J connectivity index is 1.55. The van der Waals surface area contributed by atoms with Gasteiger partial charge in [0.1, 0.15) is 0 Å². The van der Waals surface area contributed by atoms with Crippen molar-refractivity contribution in [3.05, 3.63) is 109 Å². The number of para-hydroxylation sites is 2. The Kier molecular flexibility index (Phi) is 4.21. The molecule has 33 heavy (non-hydrogen) atoms. The highest BCUT2D eigenvalue weighted by Crippen LogP contribution is 2.41. The van der Waals surface area contributed by atoms with Crippen molar-refractivity contribution < 1.29 is 0 Å². The molecule has 0 saturated heterocycles. The third-order valence-corrected chi connectivity index (χ3v) is 8.24. The molecule has 7 aromatic rings. The van der Waals surface area contributed by atoms with Gasteiger partial charge in [-0.25, -0.2) is 0 Å². The molecule has 0 aliphatic heterocycles. The normalized spacial score (nSPS) is 11.8. The van der Waals surface area contributed by atoms with E-state index in [1.165, 1.54) is 64.1 Å². The van der Waals surface area contributed by atoms with E-state index in [0.717, 1.165) is 0 Å². The highest BCUT2D eigenvalue weighted by Gasteiger charge is 2.16. The van der Waals surface area contributed by atoms with E-state index < -0.39 is 0 Å². The summed E-state index contributed by atoms with van der Waals surface area (Å²) in [7, 11) is 2.93. The molecule has 2 aromatic heterocycles. The third-order valence-electron chi connectivity index (χ3n) is 6.56. The fourth-order valence-corrected chi connectivity index (χ4v) is 6.85. The largest absolute Gasteiger partial charge is 0.309 e. The van der Waals surface area contributed by atoms with E-state index >= 15 is 0 Å². The molecule has 0 radical (unpaired) electrons. The summed E-state index contributed by atoms with van der Waals surface area (Å²) in [5.74, 6) is 0. The summed E-state index contributed by atoms with van der Waals surface area (Å²) in [6.07, 6.45) is 0. The molecule has 7 rings (SSSR count). The molecule has 3 heteroatoms. The maximum atomic E-state index is 2.93. The highest BCUT2D eigenvalue weighted by molar-refractivity contribution is 7.31. The van der Waals surface area contributed by atoms with Crippen LogP contribution >= 0.6 is 20.6 Å². The highest BCUT2D eigenvalue weighted by atomic mass is 32.1. The summed E-state index contributed by atoms with van der Waals surface area (Å²) in [6, 6.07) is 39.5. The van der Waals surface area contributed by atoms with Crippen LogP contribution in [0.15, 0.2) is 109 Å². The zero-order valence-corrected chi connectivity index (χ0v) is 19.8.